The van der Waals surface area contributed by atoms with Crippen molar-refractivity contribution in [3.05, 3.63) is 77.0 Å². The zero-order valence-electron chi connectivity index (χ0n) is 17.8. The Morgan fingerprint density at radius 1 is 1.03 bits per heavy atom. The average Bonchev–Trinajstić information content (AvgIpc) is 3.20. The fourth-order valence-corrected chi connectivity index (χ4v) is 3.10. The molecule has 0 amide bonds. The number of nitrogens with one attached hydrogen (secondary N) is 1. The van der Waals surface area contributed by atoms with E-state index in [4.69, 9.17) is 4.42 Å². The molecule has 0 unspecified atom stereocenters. The topological polar surface area (TPSA) is 112 Å². The van der Waals surface area contributed by atoms with Gasteiger partial charge in [0.05, 0.1) is 6.04 Å². The van der Waals surface area contributed by atoms with Gasteiger partial charge in [-0.05, 0) is 31.5 Å². The Morgan fingerprint density at radius 2 is 1.74 bits per heavy atom. The van der Waals surface area contributed by atoms with E-state index in [1.54, 1.807) is 6.92 Å². The molecule has 0 aliphatic heterocycles. The van der Waals surface area contributed by atoms with Gasteiger partial charge in [0, 0.05) is 36.4 Å². The second-order valence-corrected chi connectivity index (χ2v) is 7.24. The van der Waals surface area contributed by atoms with Crippen molar-refractivity contribution in [2.24, 2.45) is 0 Å². The van der Waals surface area contributed by atoms with E-state index in [-0.39, 0.29) is 23.0 Å². The van der Waals surface area contributed by atoms with Crippen LogP contribution in [-0.2, 0) is 6.18 Å². The Balaban J connectivity index is 1.53. The molecule has 1 N–H and O–H groups in total. The molecule has 0 bridgehead atoms. The summed E-state index contributed by atoms with van der Waals surface area (Å²) in [6, 6.07) is 3.27. The molecule has 0 aliphatic rings. The van der Waals surface area contributed by atoms with Crippen molar-refractivity contribution in [1.29, 1.82) is 0 Å². The minimum absolute atomic E-state index is 0.00594. The highest BCUT2D eigenvalue weighted by Gasteiger charge is 2.32. The van der Waals surface area contributed by atoms with E-state index in [2.05, 4.69) is 30.2 Å². The molecule has 4 aromatic heterocycles. The summed E-state index contributed by atoms with van der Waals surface area (Å²) in [5.74, 6) is -0.244. The summed E-state index contributed by atoms with van der Waals surface area (Å²) in [7, 11) is 0. The Morgan fingerprint density at radius 3 is 2.41 bits per heavy atom. The number of rotatable bonds is 6. The maximum atomic E-state index is 13.8. The monoisotopic (exact) mass is 475 g/mol. The van der Waals surface area contributed by atoms with Crippen LogP contribution in [0.2, 0.25) is 0 Å². The van der Waals surface area contributed by atoms with Crippen molar-refractivity contribution in [2.45, 2.75) is 32.2 Å². The first-order valence-electron chi connectivity index (χ1n) is 9.93. The van der Waals surface area contributed by atoms with Crippen LogP contribution in [0.1, 0.15) is 43.3 Å². The Hall–Kier alpha value is -4.16. The van der Waals surface area contributed by atoms with Gasteiger partial charge in [0.25, 0.3) is 0 Å². The third-order valence-corrected chi connectivity index (χ3v) is 4.79. The van der Waals surface area contributed by atoms with Crippen LogP contribution in [0.3, 0.4) is 0 Å². The number of hydrogen-bond acceptors (Lipinski definition) is 8. The molecule has 0 spiro atoms. The standard InChI is InChI=1S/C21H17F4N7O2/c1-11(22)15-10-34-20(33)32(15)17-4-6-27-19(31-17)30-12(2)18-28-8-14(9-29-18)13-3-5-26-16(7-13)21(23,24)25/h3-12H,1-2H3,(H,27,30,31)/t11-,12-/m0/s1. The number of aromatic nitrogens is 6. The second-order valence-electron chi connectivity index (χ2n) is 7.24. The van der Waals surface area contributed by atoms with Gasteiger partial charge in [-0.25, -0.2) is 28.7 Å². The molecule has 0 aromatic carbocycles. The van der Waals surface area contributed by atoms with Crippen LogP contribution < -0.4 is 11.1 Å². The second kappa shape index (κ2) is 9.00. The Kier molecular flexibility index (Phi) is 6.09. The molecule has 4 rings (SSSR count). The lowest BCUT2D eigenvalue weighted by Crippen LogP contribution is -2.18. The summed E-state index contributed by atoms with van der Waals surface area (Å²) < 4.78 is 58.3. The van der Waals surface area contributed by atoms with Crippen LogP contribution in [0.4, 0.5) is 23.5 Å². The first-order valence-corrected chi connectivity index (χ1v) is 9.93. The smallest absolute Gasteiger partial charge is 0.416 e. The fourth-order valence-electron chi connectivity index (χ4n) is 3.10. The van der Waals surface area contributed by atoms with Crippen LogP contribution in [0.15, 0.2) is 58.5 Å². The van der Waals surface area contributed by atoms with Crippen molar-refractivity contribution in [1.82, 2.24) is 29.5 Å². The van der Waals surface area contributed by atoms with Gasteiger partial charge in [-0.15, -0.1) is 0 Å². The van der Waals surface area contributed by atoms with Crippen molar-refractivity contribution < 1.29 is 22.0 Å². The van der Waals surface area contributed by atoms with Crippen molar-refractivity contribution in [3.8, 4) is 16.9 Å². The van der Waals surface area contributed by atoms with Gasteiger partial charge >= 0.3 is 11.9 Å². The van der Waals surface area contributed by atoms with Gasteiger partial charge in [-0.1, -0.05) is 0 Å². The number of hydrogen-bond donors (Lipinski definition) is 1. The van der Waals surface area contributed by atoms with Crippen LogP contribution >= 0.6 is 0 Å². The molecule has 34 heavy (non-hydrogen) atoms. The van der Waals surface area contributed by atoms with Gasteiger partial charge in [0.1, 0.15) is 35.5 Å². The van der Waals surface area contributed by atoms with Crippen molar-refractivity contribution >= 4 is 5.95 Å². The molecule has 2 atom stereocenters. The zero-order chi connectivity index (χ0) is 24.5. The minimum atomic E-state index is -4.56. The Bertz CT molecular complexity index is 1350. The van der Waals surface area contributed by atoms with Crippen LogP contribution in [0.25, 0.3) is 16.9 Å². The third-order valence-electron chi connectivity index (χ3n) is 4.79. The highest BCUT2D eigenvalue weighted by Crippen LogP contribution is 2.30. The van der Waals surface area contributed by atoms with E-state index < -0.39 is 29.8 Å². The van der Waals surface area contributed by atoms with E-state index in [0.717, 1.165) is 23.1 Å². The van der Waals surface area contributed by atoms with E-state index in [0.29, 0.717) is 11.4 Å². The molecule has 0 saturated carbocycles. The maximum Gasteiger partial charge on any atom is 0.433 e. The number of nitrogens with zero attached hydrogens (tertiary/aromatic N) is 6. The van der Waals surface area contributed by atoms with Gasteiger partial charge in [-0.3, -0.25) is 4.98 Å². The molecule has 9 nitrogen and oxygen atoms in total. The summed E-state index contributed by atoms with van der Waals surface area (Å²) in [6.07, 6.45) is 0.252. The van der Waals surface area contributed by atoms with Crippen LogP contribution in [-0.4, -0.2) is 29.5 Å². The maximum absolute atomic E-state index is 13.8. The normalized spacial score (nSPS) is 13.5. The fraction of sp³-hybridized carbons (Fsp3) is 0.238. The SMILES string of the molecule is C[C@H](F)c1coc(=O)n1-c1ccnc(N[C@@H](C)c2ncc(-c3ccnc(C(F)(F)F)c3)cn2)n1. The molecular weight excluding hydrogens is 458 g/mol. The molecule has 0 saturated heterocycles. The number of anilines is 1. The number of pyridine rings is 1. The number of alkyl halides is 4. The summed E-state index contributed by atoms with van der Waals surface area (Å²) in [5, 5.41) is 2.97. The molecule has 0 aliphatic carbocycles. The van der Waals surface area contributed by atoms with Gasteiger partial charge in [0.15, 0.2) is 0 Å². The summed E-state index contributed by atoms with van der Waals surface area (Å²) >= 11 is 0. The Labute approximate surface area is 189 Å². The predicted octanol–water partition coefficient (Wildman–Crippen LogP) is 4.29. The van der Waals surface area contributed by atoms with Gasteiger partial charge < -0.3 is 9.73 Å². The van der Waals surface area contributed by atoms with Gasteiger partial charge in [-0.2, -0.15) is 18.2 Å². The number of halogens is 4. The molecule has 0 fully saturated rings. The zero-order valence-corrected chi connectivity index (χ0v) is 17.8. The lowest BCUT2D eigenvalue weighted by atomic mass is 10.1. The van der Waals surface area contributed by atoms with Crippen molar-refractivity contribution in [3.63, 3.8) is 0 Å². The highest BCUT2D eigenvalue weighted by atomic mass is 19.4. The highest BCUT2D eigenvalue weighted by molar-refractivity contribution is 5.61. The molecule has 4 heterocycles. The van der Waals surface area contributed by atoms with E-state index in [1.807, 2.05) is 0 Å². The van der Waals surface area contributed by atoms with Crippen LogP contribution in [0.5, 0.6) is 0 Å². The minimum Gasteiger partial charge on any atom is -0.416 e. The predicted molar refractivity (Wildman–Crippen MR) is 112 cm³/mol. The average molecular weight is 475 g/mol. The lowest BCUT2D eigenvalue weighted by molar-refractivity contribution is -0.141. The third kappa shape index (κ3) is 4.77. The summed E-state index contributed by atoms with van der Waals surface area (Å²) in [6.45, 7) is 2.98. The molecule has 0 radical (unpaired) electrons. The number of oxazole rings is 1. The van der Waals surface area contributed by atoms with Crippen LogP contribution in [0, 0.1) is 0 Å². The molecule has 13 heteroatoms. The van der Waals surface area contributed by atoms with E-state index >= 15 is 0 Å². The van der Waals surface area contributed by atoms with E-state index in [9.17, 15) is 22.4 Å². The first-order chi connectivity index (χ1) is 16.1. The van der Waals surface area contributed by atoms with Crippen molar-refractivity contribution in [2.75, 3.05) is 5.32 Å². The summed E-state index contributed by atoms with van der Waals surface area (Å²) in [4.78, 5) is 32.1. The molecule has 4 aromatic rings. The van der Waals surface area contributed by atoms with E-state index in [1.165, 1.54) is 37.6 Å². The molecule has 176 valence electrons. The summed E-state index contributed by atoms with van der Waals surface area (Å²) in [5.41, 5.74) is -0.349. The molecular formula is C21H17F4N7O2. The largest absolute Gasteiger partial charge is 0.433 e. The quantitative estimate of drug-likeness (QED) is 0.411. The lowest BCUT2D eigenvalue weighted by Gasteiger charge is -2.14. The first kappa shape index (κ1) is 23.0. The van der Waals surface area contributed by atoms with Gasteiger partial charge in [0.2, 0.25) is 5.95 Å².